The lowest BCUT2D eigenvalue weighted by atomic mass is 10.5. The molecule has 0 spiro atoms. The van der Waals surface area contributed by atoms with Crippen molar-refractivity contribution in [3.8, 4) is 0 Å². The number of aromatic amines is 1. The number of hydrogen-bond acceptors (Lipinski definition) is 5. The molecule has 0 saturated heterocycles. The Kier molecular flexibility index (Phi) is 5.42. The Bertz CT molecular complexity index is 468. The van der Waals surface area contributed by atoms with Crippen LogP contribution in [0.2, 0.25) is 0 Å². The minimum absolute atomic E-state index is 0.149. The molecule has 0 amide bonds. The molecule has 0 aliphatic carbocycles. The zero-order chi connectivity index (χ0) is 12.8. The minimum atomic E-state index is -0.966. The zero-order valence-corrected chi connectivity index (χ0v) is 10.8. The molecule has 0 aliphatic heterocycles. The average Bonchev–Trinajstić information content (AvgIpc) is 2.57. The highest BCUT2D eigenvalue weighted by Gasteiger charge is 2.10. The molecule has 17 heavy (non-hydrogen) atoms. The number of rotatable bonds is 7. The van der Waals surface area contributed by atoms with E-state index in [4.69, 9.17) is 5.11 Å². The first-order valence-electron chi connectivity index (χ1n) is 4.80. The van der Waals surface area contributed by atoms with Crippen molar-refractivity contribution < 1.29 is 14.1 Å². The summed E-state index contributed by atoms with van der Waals surface area (Å²) in [5.41, 5.74) is -0.375. The van der Waals surface area contributed by atoms with Gasteiger partial charge in [0.2, 0.25) is 0 Å². The van der Waals surface area contributed by atoms with Gasteiger partial charge in [0, 0.05) is 29.4 Å². The van der Waals surface area contributed by atoms with E-state index in [0.717, 1.165) is 11.8 Å². The van der Waals surface area contributed by atoms with Crippen molar-refractivity contribution in [1.82, 2.24) is 14.8 Å². The molecule has 0 fully saturated rings. The molecular formula is C8H13N3O4S2. The van der Waals surface area contributed by atoms with E-state index in [-0.39, 0.29) is 11.4 Å². The van der Waals surface area contributed by atoms with Crippen LogP contribution in [0.25, 0.3) is 0 Å². The Morgan fingerprint density at radius 3 is 2.94 bits per heavy atom. The van der Waals surface area contributed by atoms with Gasteiger partial charge in [-0.25, -0.2) is 9.89 Å². The Hall–Kier alpha value is -1.09. The number of aliphatic carboxylic acids is 1. The maximum Gasteiger partial charge on any atom is 0.343 e. The number of carboxylic acids is 1. The Morgan fingerprint density at radius 1 is 1.65 bits per heavy atom. The van der Waals surface area contributed by atoms with Crippen LogP contribution >= 0.6 is 11.8 Å². The van der Waals surface area contributed by atoms with Crippen LogP contribution in [-0.2, 0) is 22.1 Å². The fourth-order valence-electron chi connectivity index (χ4n) is 1.16. The lowest BCUT2D eigenvalue weighted by Crippen LogP contribution is -2.19. The predicted molar refractivity (Wildman–Crippen MR) is 64.8 cm³/mol. The number of aromatic nitrogens is 3. The number of hydrogen-bond donors (Lipinski definition) is 2. The molecule has 1 aromatic rings. The molecular weight excluding hydrogens is 266 g/mol. The van der Waals surface area contributed by atoms with Gasteiger partial charge in [-0.3, -0.25) is 13.6 Å². The smallest absolute Gasteiger partial charge is 0.343 e. The molecule has 0 saturated carbocycles. The van der Waals surface area contributed by atoms with Crippen LogP contribution in [0.1, 0.15) is 6.42 Å². The summed E-state index contributed by atoms with van der Waals surface area (Å²) in [5, 5.41) is 14.9. The fraction of sp³-hybridized carbons (Fsp3) is 0.625. The summed E-state index contributed by atoms with van der Waals surface area (Å²) in [6.07, 6.45) is 2.18. The van der Waals surface area contributed by atoms with E-state index in [1.54, 1.807) is 6.26 Å². The van der Waals surface area contributed by atoms with Gasteiger partial charge in [0.1, 0.15) is 0 Å². The van der Waals surface area contributed by atoms with Gasteiger partial charge in [0.15, 0.2) is 5.16 Å². The number of carboxylic acid groups (broad SMARTS) is 1. The standard InChI is InChI=1S/C8H13N3O4S2/c1-17(15)4-2-3-11-7(14)9-10-8(11)16-5-6(12)13/h2-5H2,1H3,(H,9,14)(H,12,13). The maximum absolute atomic E-state index is 11.4. The molecule has 96 valence electrons. The predicted octanol–water partition coefficient (Wildman–Crippen LogP) is -0.483. The number of nitrogens with zero attached hydrogens (tertiary/aromatic N) is 2. The van der Waals surface area contributed by atoms with Crippen LogP contribution in [0.15, 0.2) is 9.95 Å². The number of H-pyrrole nitrogens is 1. The Balaban J connectivity index is 2.62. The van der Waals surface area contributed by atoms with E-state index < -0.39 is 16.8 Å². The second kappa shape index (κ2) is 6.60. The largest absolute Gasteiger partial charge is 0.481 e. The van der Waals surface area contributed by atoms with Crippen LogP contribution in [-0.4, -0.2) is 47.8 Å². The third-order valence-electron chi connectivity index (χ3n) is 1.86. The molecule has 1 unspecified atom stereocenters. The molecule has 0 radical (unpaired) electrons. The van der Waals surface area contributed by atoms with Gasteiger partial charge >= 0.3 is 11.7 Å². The quantitative estimate of drug-likeness (QED) is 0.653. The highest BCUT2D eigenvalue weighted by Crippen LogP contribution is 2.12. The first kappa shape index (κ1) is 14.0. The van der Waals surface area contributed by atoms with E-state index in [0.29, 0.717) is 23.9 Å². The molecule has 2 N–H and O–H groups in total. The highest BCUT2D eigenvalue weighted by atomic mass is 32.2. The molecule has 0 aliphatic rings. The second-order valence-electron chi connectivity index (χ2n) is 3.28. The summed E-state index contributed by atoms with van der Waals surface area (Å²) >= 11 is 0.980. The van der Waals surface area contributed by atoms with E-state index in [1.165, 1.54) is 4.57 Å². The van der Waals surface area contributed by atoms with E-state index in [2.05, 4.69) is 10.2 Å². The lowest BCUT2D eigenvalue weighted by molar-refractivity contribution is -0.133. The van der Waals surface area contributed by atoms with Crippen LogP contribution < -0.4 is 5.69 Å². The Morgan fingerprint density at radius 2 is 2.35 bits per heavy atom. The van der Waals surface area contributed by atoms with Crippen LogP contribution in [0.3, 0.4) is 0 Å². The summed E-state index contributed by atoms with van der Waals surface area (Å²) in [6, 6.07) is 0. The lowest BCUT2D eigenvalue weighted by Gasteiger charge is -2.03. The molecule has 0 bridgehead atoms. The van der Waals surface area contributed by atoms with Crippen molar-refractivity contribution in [3.63, 3.8) is 0 Å². The summed E-state index contributed by atoms with van der Waals surface area (Å²) in [7, 11) is -0.898. The molecule has 0 aromatic carbocycles. The highest BCUT2D eigenvalue weighted by molar-refractivity contribution is 7.99. The van der Waals surface area contributed by atoms with Gasteiger partial charge in [0.25, 0.3) is 0 Å². The molecule has 1 heterocycles. The van der Waals surface area contributed by atoms with Crippen LogP contribution in [0.5, 0.6) is 0 Å². The molecule has 1 rings (SSSR count). The van der Waals surface area contributed by atoms with E-state index >= 15 is 0 Å². The van der Waals surface area contributed by atoms with Crippen molar-refractivity contribution in [2.45, 2.75) is 18.1 Å². The van der Waals surface area contributed by atoms with Gasteiger partial charge < -0.3 is 5.11 Å². The average molecular weight is 279 g/mol. The van der Waals surface area contributed by atoms with Crippen molar-refractivity contribution in [1.29, 1.82) is 0 Å². The van der Waals surface area contributed by atoms with Crippen molar-refractivity contribution >= 4 is 28.5 Å². The zero-order valence-electron chi connectivity index (χ0n) is 9.21. The second-order valence-corrected chi connectivity index (χ2v) is 5.77. The summed E-state index contributed by atoms with van der Waals surface area (Å²) in [6.45, 7) is 0.386. The van der Waals surface area contributed by atoms with Gasteiger partial charge in [-0.2, -0.15) is 0 Å². The minimum Gasteiger partial charge on any atom is -0.481 e. The van der Waals surface area contributed by atoms with Crippen molar-refractivity contribution in [2.75, 3.05) is 17.8 Å². The topological polar surface area (TPSA) is 105 Å². The third-order valence-corrected chi connectivity index (χ3v) is 3.69. The SMILES string of the molecule is CS(=O)CCCn1c(SCC(=O)O)n[nH]c1=O. The van der Waals surface area contributed by atoms with Gasteiger partial charge in [-0.1, -0.05) is 11.8 Å². The van der Waals surface area contributed by atoms with E-state index in [1.807, 2.05) is 0 Å². The first-order chi connectivity index (χ1) is 8.00. The first-order valence-corrected chi connectivity index (χ1v) is 7.52. The van der Waals surface area contributed by atoms with Crippen LogP contribution in [0, 0.1) is 0 Å². The number of thioether (sulfide) groups is 1. The number of carbonyl (C=O) groups is 1. The van der Waals surface area contributed by atoms with Crippen LogP contribution in [0.4, 0.5) is 0 Å². The summed E-state index contributed by atoms with van der Waals surface area (Å²) in [4.78, 5) is 21.8. The summed E-state index contributed by atoms with van der Waals surface area (Å²) < 4.78 is 12.2. The molecule has 1 aromatic heterocycles. The summed E-state index contributed by atoms with van der Waals surface area (Å²) in [5.74, 6) is -0.614. The molecule has 9 heteroatoms. The maximum atomic E-state index is 11.4. The van der Waals surface area contributed by atoms with Gasteiger partial charge in [-0.05, 0) is 6.42 Å². The van der Waals surface area contributed by atoms with Gasteiger partial charge in [0.05, 0.1) is 5.75 Å². The molecule has 1 atom stereocenters. The normalized spacial score (nSPS) is 12.5. The number of nitrogens with one attached hydrogen (secondary N) is 1. The molecule has 7 nitrogen and oxygen atoms in total. The van der Waals surface area contributed by atoms with Gasteiger partial charge in [-0.15, -0.1) is 5.10 Å². The van der Waals surface area contributed by atoms with Crippen molar-refractivity contribution in [3.05, 3.63) is 10.5 Å². The monoisotopic (exact) mass is 279 g/mol. The third kappa shape index (κ3) is 4.73. The van der Waals surface area contributed by atoms with Crippen molar-refractivity contribution in [2.24, 2.45) is 0 Å². The Labute approximate surface area is 104 Å². The van der Waals surface area contributed by atoms with E-state index in [9.17, 15) is 13.8 Å². The fourth-order valence-corrected chi connectivity index (χ4v) is 2.39.